The molecule has 1 saturated carbocycles. The Morgan fingerprint density at radius 2 is 1.78 bits per heavy atom. The molecule has 0 unspecified atom stereocenters. The van der Waals surface area contributed by atoms with Crippen LogP contribution in [0.5, 0.6) is 0 Å². The fourth-order valence-corrected chi connectivity index (χ4v) is 3.04. The minimum Gasteiger partial charge on any atom is -0.354 e. The molecule has 0 atom stereocenters. The summed E-state index contributed by atoms with van der Waals surface area (Å²) in [6, 6.07) is 0. The summed E-state index contributed by atoms with van der Waals surface area (Å²) in [4.78, 5) is 14.5. The first-order chi connectivity index (χ1) is 8.44. The van der Waals surface area contributed by atoms with E-state index in [0.717, 1.165) is 58.2 Å². The van der Waals surface area contributed by atoms with Gasteiger partial charge in [-0.3, -0.25) is 4.79 Å². The number of nitrogens with one attached hydrogen (secondary N) is 1. The number of nitrogens with two attached hydrogens (primary N) is 1. The van der Waals surface area contributed by atoms with Crippen LogP contribution in [0.25, 0.3) is 0 Å². The second-order valence-corrected chi connectivity index (χ2v) is 6.66. The maximum atomic E-state index is 12.2. The molecule has 3 N–H and O–H groups in total. The SMILES string of the molecule is CN1CCC(C)(CNC(=O)C2(N)CCCC2)CC1. The van der Waals surface area contributed by atoms with Gasteiger partial charge < -0.3 is 16.0 Å². The number of carbonyl (C=O) groups is 1. The minimum atomic E-state index is -0.582. The number of amides is 1. The van der Waals surface area contributed by atoms with Crippen molar-refractivity contribution in [3.8, 4) is 0 Å². The fourth-order valence-electron chi connectivity index (χ4n) is 3.04. The molecule has 0 radical (unpaired) electrons. The van der Waals surface area contributed by atoms with Gasteiger partial charge >= 0.3 is 0 Å². The molecule has 2 aliphatic rings. The van der Waals surface area contributed by atoms with Gasteiger partial charge in [-0.2, -0.15) is 0 Å². The van der Waals surface area contributed by atoms with Crippen molar-refractivity contribution >= 4 is 5.91 Å². The Hall–Kier alpha value is -0.610. The first-order valence-corrected chi connectivity index (χ1v) is 7.19. The van der Waals surface area contributed by atoms with Crippen molar-refractivity contribution < 1.29 is 4.79 Å². The van der Waals surface area contributed by atoms with Crippen molar-refractivity contribution in [3.05, 3.63) is 0 Å². The normalized spacial score (nSPS) is 27.1. The Bertz CT molecular complexity index is 302. The highest BCUT2D eigenvalue weighted by molar-refractivity contribution is 5.86. The van der Waals surface area contributed by atoms with Gasteiger partial charge in [0, 0.05) is 6.54 Å². The molecule has 104 valence electrons. The number of piperidine rings is 1. The largest absolute Gasteiger partial charge is 0.354 e. The van der Waals surface area contributed by atoms with Crippen LogP contribution >= 0.6 is 0 Å². The molecular formula is C14H27N3O. The van der Waals surface area contributed by atoms with E-state index in [4.69, 9.17) is 5.73 Å². The van der Waals surface area contributed by atoms with Gasteiger partial charge in [0.15, 0.2) is 0 Å². The van der Waals surface area contributed by atoms with E-state index in [-0.39, 0.29) is 11.3 Å². The number of hydrogen-bond donors (Lipinski definition) is 2. The average molecular weight is 253 g/mol. The Balaban J connectivity index is 1.82. The van der Waals surface area contributed by atoms with Gasteiger partial charge in [0.25, 0.3) is 0 Å². The molecule has 1 heterocycles. The Morgan fingerprint density at radius 1 is 1.22 bits per heavy atom. The van der Waals surface area contributed by atoms with E-state index in [9.17, 15) is 4.79 Å². The van der Waals surface area contributed by atoms with E-state index < -0.39 is 5.54 Å². The van der Waals surface area contributed by atoms with Crippen LogP contribution in [0, 0.1) is 5.41 Å². The summed E-state index contributed by atoms with van der Waals surface area (Å²) in [5.41, 5.74) is 5.83. The third-order valence-corrected chi connectivity index (χ3v) is 4.82. The summed E-state index contributed by atoms with van der Waals surface area (Å²) >= 11 is 0. The number of rotatable bonds is 3. The number of hydrogen-bond acceptors (Lipinski definition) is 3. The lowest BCUT2D eigenvalue weighted by Gasteiger charge is -2.38. The molecule has 4 heteroatoms. The van der Waals surface area contributed by atoms with Gasteiger partial charge in [0.2, 0.25) is 5.91 Å². The van der Waals surface area contributed by atoms with Crippen LogP contribution in [0.1, 0.15) is 45.4 Å². The van der Waals surface area contributed by atoms with Crippen molar-refractivity contribution in [2.45, 2.75) is 51.0 Å². The zero-order valence-electron chi connectivity index (χ0n) is 11.8. The maximum absolute atomic E-state index is 12.2. The quantitative estimate of drug-likeness (QED) is 0.792. The van der Waals surface area contributed by atoms with Crippen LogP contribution in [-0.4, -0.2) is 43.0 Å². The van der Waals surface area contributed by atoms with Crippen molar-refractivity contribution in [3.63, 3.8) is 0 Å². The van der Waals surface area contributed by atoms with Crippen LogP contribution in [0.3, 0.4) is 0 Å². The highest BCUT2D eigenvalue weighted by Gasteiger charge is 2.38. The minimum absolute atomic E-state index is 0.0696. The third-order valence-electron chi connectivity index (χ3n) is 4.82. The lowest BCUT2D eigenvalue weighted by Crippen LogP contribution is -2.54. The van der Waals surface area contributed by atoms with Gasteiger partial charge in [-0.25, -0.2) is 0 Å². The summed E-state index contributed by atoms with van der Waals surface area (Å²) in [7, 11) is 2.16. The molecule has 1 aliphatic carbocycles. The monoisotopic (exact) mass is 253 g/mol. The molecular weight excluding hydrogens is 226 g/mol. The molecule has 4 nitrogen and oxygen atoms in total. The van der Waals surface area contributed by atoms with Crippen molar-refractivity contribution in [2.75, 3.05) is 26.7 Å². The predicted molar refractivity (Wildman–Crippen MR) is 73.2 cm³/mol. The molecule has 1 aliphatic heterocycles. The molecule has 0 aromatic rings. The number of nitrogens with zero attached hydrogens (tertiary/aromatic N) is 1. The van der Waals surface area contributed by atoms with E-state index in [1.54, 1.807) is 0 Å². The molecule has 2 fully saturated rings. The Labute approximate surface area is 110 Å². The van der Waals surface area contributed by atoms with E-state index in [2.05, 4.69) is 24.2 Å². The number of carbonyl (C=O) groups excluding carboxylic acids is 1. The average Bonchev–Trinajstić information content (AvgIpc) is 2.79. The first kappa shape index (κ1) is 13.8. The first-order valence-electron chi connectivity index (χ1n) is 7.19. The lowest BCUT2D eigenvalue weighted by atomic mass is 9.80. The zero-order valence-corrected chi connectivity index (χ0v) is 11.8. The van der Waals surface area contributed by atoms with E-state index in [1.807, 2.05) is 0 Å². The van der Waals surface area contributed by atoms with E-state index in [0.29, 0.717) is 0 Å². The van der Waals surface area contributed by atoms with Crippen LogP contribution in [-0.2, 0) is 4.79 Å². The summed E-state index contributed by atoms with van der Waals surface area (Å²) < 4.78 is 0. The maximum Gasteiger partial charge on any atom is 0.240 e. The summed E-state index contributed by atoms with van der Waals surface area (Å²) in [5, 5.41) is 3.11. The van der Waals surface area contributed by atoms with Gasteiger partial charge in [-0.15, -0.1) is 0 Å². The summed E-state index contributed by atoms with van der Waals surface area (Å²) in [6.45, 7) is 5.30. The molecule has 0 aromatic carbocycles. The van der Waals surface area contributed by atoms with Crippen molar-refractivity contribution in [1.82, 2.24) is 10.2 Å². The second kappa shape index (κ2) is 5.17. The predicted octanol–water partition coefficient (Wildman–Crippen LogP) is 1.11. The molecule has 0 bridgehead atoms. The van der Waals surface area contributed by atoms with Gasteiger partial charge in [-0.05, 0) is 51.2 Å². The Morgan fingerprint density at radius 3 is 2.33 bits per heavy atom. The van der Waals surface area contributed by atoms with E-state index >= 15 is 0 Å². The highest BCUT2D eigenvalue weighted by atomic mass is 16.2. The number of likely N-dealkylation sites (tertiary alicyclic amines) is 1. The topological polar surface area (TPSA) is 58.4 Å². The highest BCUT2D eigenvalue weighted by Crippen LogP contribution is 2.31. The smallest absolute Gasteiger partial charge is 0.240 e. The van der Waals surface area contributed by atoms with Gasteiger partial charge in [0.1, 0.15) is 0 Å². The molecule has 1 amide bonds. The molecule has 0 spiro atoms. The van der Waals surface area contributed by atoms with Gasteiger partial charge in [-0.1, -0.05) is 19.8 Å². The molecule has 1 saturated heterocycles. The van der Waals surface area contributed by atoms with Gasteiger partial charge in [0.05, 0.1) is 5.54 Å². The van der Waals surface area contributed by atoms with Crippen LogP contribution in [0.15, 0.2) is 0 Å². The summed E-state index contributed by atoms with van der Waals surface area (Å²) in [5.74, 6) is 0.0696. The Kier molecular flexibility index (Phi) is 3.97. The second-order valence-electron chi connectivity index (χ2n) is 6.66. The third kappa shape index (κ3) is 3.04. The van der Waals surface area contributed by atoms with Crippen molar-refractivity contribution in [2.24, 2.45) is 11.1 Å². The zero-order chi connectivity index (χ0) is 13.2. The fraction of sp³-hybridized carbons (Fsp3) is 0.929. The lowest BCUT2D eigenvalue weighted by molar-refractivity contribution is -0.126. The van der Waals surface area contributed by atoms with Crippen LogP contribution in [0.2, 0.25) is 0 Å². The molecule has 2 rings (SSSR count). The standard InChI is InChI=1S/C14H27N3O/c1-13(7-9-17(2)10-8-13)11-16-12(18)14(15)5-3-4-6-14/h3-11,15H2,1-2H3,(H,16,18). The molecule has 0 aromatic heterocycles. The van der Waals surface area contributed by atoms with Crippen LogP contribution < -0.4 is 11.1 Å². The van der Waals surface area contributed by atoms with Crippen LogP contribution in [0.4, 0.5) is 0 Å². The van der Waals surface area contributed by atoms with E-state index in [1.165, 1.54) is 0 Å². The molecule has 18 heavy (non-hydrogen) atoms. The van der Waals surface area contributed by atoms with Crippen molar-refractivity contribution in [1.29, 1.82) is 0 Å². The summed E-state index contributed by atoms with van der Waals surface area (Å²) in [6.07, 6.45) is 6.18.